The van der Waals surface area contributed by atoms with Gasteiger partial charge >= 0.3 is 0 Å². The Kier molecular flexibility index (Phi) is 5.82. The van der Waals surface area contributed by atoms with Gasteiger partial charge in [0.15, 0.2) is 12.2 Å². The maximum Gasteiger partial charge on any atom is 0.202 e. The highest BCUT2D eigenvalue weighted by molar-refractivity contribution is 6.06. The van der Waals surface area contributed by atoms with Crippen molar-refractivity contribution in [2.24, 2.45) is 0 Å². The Hall–Kier alpha value is -3.13. The van der Waals surface area contributed by atoms with Gasteiger partial charge < -0.3 is 55.4 Å². The number of phenols is 4. The topological polar surface area (TPSA) is 218 Å². The van der Waals surface area contributed by atoms with E-state index >= 15 is 0 Å². The molecule has 0 amide bonds. The lowest BCUT2D eigenvalue weighted by atomic mass is 9.86. The molecule has 12 heteroatoms. The standard InChI is InChI=1S/C21H22O12/c22-5-11-14(26)17(29)19(31)21(33-11)12-9(25)4-10-13(15(12)27)16(28)18(30)20(32-10)6-1-7(23)3-8(24)2-6/h1-4,11,14,17-27,29-31H,5H2/t11-,14-,17+,18+,19-,20-,21+/m1/s1. The molecule has 0 unspecified atom stereocenters. The zero-order chi connectivity index (χ0) is 24.2. The van der Waals surface area contributed by atoms with Gasteiger partial charge in [0.25, 0.3) is 0 Å². The third kappa shape index (κ3) is 3.72. The molecule has 0 spiro atoms. The van der Waals surface area contributed by atoms with E-state index in [4.69, 9.17) is 9.47 Å². The minimum absolute atomic E-state index is 0.0380. The van der Waals surface area contributed by atoms with Gasteiger partial charge in [-0.2, -0.15) is 0 Å². The molecule has 0 radical (unpaired) electrons. The van der Waals surface area contributed by atoms with Crippen LogP contribution >= 0.6 is 0 Å². The van der Waals surface area contributed by atoms with Crippen LogP contribution in [0.2, 0.25) is 0 Å². The molecule has 1 fully saturated rings. The zero-order valence-corrected chi connectivity index (χ0v) is 16.8. The Morgan fingerprint density at radius 3 is 2.06 bits per heavy atom. The van der Waals surface area contributed by atoms with E-state index < -0.39 is 77.7 Å². The molecule has 4 rings (SSSR count). The molecule has 0 aliphatic carbocycles. The predicted octanol–water partition coefficient (Wildman–Crippen LogP) is -1.30. The van der Waals surface area contributed by atoms with Crippen molar-refractivity contribution in [2.45, 2.75) is 42.7 Å². The second kappa shape index (κ2) is 8.33. The fraction of sp³-hybridized carbons (Fsp3) is 0.381. The fourth-order valence-corrected chi connectivity index (χ4v) is 4.12. The smallest absolute Gasteiger partial charge is 0.202 e. The Morgan fingerprint density at radius 1 is 0.818 bits per heavy atom. The summed E-state index contributed by atoms with van der Waals surface area (Å²) in [5.41, 5.74) is -1.04. The molecule has 9 N–H and O–H groups in total. The van der Waals surface area contributed by atoms with Crippen molar-refractivity contribution < 1.29 is 60.2 Å². The first-order valence-electron chi connectivity index (χ1n) is 9.86. The van der Waals surface area contributed by atoms with Crippen molar-refractivity contribution in [2.75, 3.05) is 6.61 Å². The molecule has 2 aromatic rings. The molecular weight excluding hydrogens is 444 g/mol. The van der Waals surface area contributed by atoms with Gasteiger partial charge in [0.1, 0.15) is 64.8 Å². The van der Waals surface area contributed by atoms with Crippen molar-refractivity contribution in [1.82, 2.24) is 0 Å². The molecule has 2 aliphatic heterocycles. The molecule has 0 bridgehead atoms. The van der Waals surface area contributed by atoms with E-state index in [2.05, 4.69) is 0 Å². The van der Waals surface area contributed by atoms with Crippen molar-refractivity contribution in [3.63, 3.8) is 0 Å². The SMILES string of the molecule is O=C1c2c(cc(O)c([C@@H]3O[C@H](CO)[C@@H](O)[C@H](O)[C@H]3O)c2O)O[C@H](c2cc(O)cc(O)c2)[C@H]1O. The number of rotatable bonds is 3. The van der Waals surface area contributed by atoms with E-state index in [1.54, 1.807) is 0 Å². The maximum absolute atomic E-state index is 12.9. The van der Waals surface area contributed by atoms with Crippen molar-refractivity contribution in [3.8, 4) is 28.7 Å². The van der Waals surface area contributed by atoms with E-state index in [1.807, 2.05) is 0 Å². The highest BCUT2D eigenvalue weighted by Gasteiger charge is 2.48. The Labute approximate surface area is 185 Å². The summed E-state index contributed by atoms with van der Waals surface area (Å²) in [4.78, 5) is 12.9. The third-order valence-corrected chi connectivity index (χ3v) is 5.77. The number of Topliss-reactive ketones (excluding diaryl/α,β-unsaturated/α-hetero) is 1. The van der Waals surface area contributed by atoms with Crippen LogP contribution in [0.15, 0.2) is 24.3 Å². The fourth-order valence-electron chi connectivity index (χ4n) is 4.12. The summed E-state index contributed by atoms with van der Waals surface area (Å²) in [5.74, 6) is -3.72. The lowest BCUT2D eigenvalue weighted by Gasteiger charge is -2.41. The Balaban J connectivity index is 1.77. The van der Waals surface area contributed by atoms with Crippen LogP contribution in [0.5, 0.6) is 28.7 Å². The van der Waals surface area contributed by atoms with Gasteiger partial charge in [-0.05, 0) is 12.1 Å². The van der Waals surface area contributed by atoms with Crippen LogP contribution < -0.4 is 4.74 Å². The molecule has 2 aromatic carbocycles. The quantitative estimate of drug-likeness (QED) is 0.258. The van der Waals surface area contributed by atoms with Gasteiger partial charge in [-0.25, -0.2) is 0 Å². The third-order valence-electron chi connectivity index (χ3n) is 5.77. The lowest BCUT2D eigenvalue weighted by molar-refractivity contribution is -0.232. The number of aliphatic hydroxyl groups excluding tert-OH is 5. The first kappa shape index (κ1) is 23.0. The highest BCUT2D eigenvalue weighted by Crippen LogP contribution is 2.49. The number of benzene rings is 2. The monoisotopic (exact) mass is 466 g/mol. The van der Waals surface area contributed by atoms with E-state index in [0.717, 1.165) is 24.3 Å². The zero-order valence-electron chi connectivity index (χ0n) is 16.8. The molecule has 2 heterocycles. The number of aromatic hydroxyl groups is 4. The van der Waals surface area contributed by atoms with Crippen LogP contribution in [0, 0.1) is 0 Å². The number of ether oxygens (including phenoxy) is 2. The predicted molar refractivity (Wildman–Crippen MR) is 106 cm³/mol. The molecule has 7 atom stereocenters. The number of carbonyl (C=O) groups excluding carboxylic acids is 1. The highest BCUT2D eigenvalue weighted by atomic mass is 16.5. The number of phenolic OH excluding ortho intramolecular Hbond substituents is 4. The molecular formula is C21H22O12. The average Bonchev–Trinajstić information content (AvgIpc) is 2.75. The van der Waals surface area contributed by atoms with Crippen LogP contribution in [0.1, 0.15) is 33.7 Å². The summed E-state index contributed by atoms with van der Waals surface area (Å²) in [6.07, 6.45) is -11.6. The van der Waals surface area contributed by atoms with E-state index in [9.17, 15) is 50.8 Å². The first-order chi connectivity index (χ1) is 15.5. The van der Waals surface area contributed by atoms with Crippen molar-refractivity contribution in [1.29, 1.82) is 0 Å². The normalized spacial score (nSPS) is 31.7. The number of ketones is 1. The summed E-state index contributed by atoms with van der Waals surface area (Å²) < 4.78 is 10.9. The summed E-state index contributed by atoms with van der Waals surface area (Å²) in [6.45, 7) is -0.757. The van der Waals surface area contributed by atoms with Crippen LogP contribution in [0.25, 0.3) is 0 Å². The number of hydrogen-bond acceptors (Lipinski definition) is 12. The molecule has 0 aromatic heterocycles. The van der Waals surface area contributed by atoms with Crippen LogP contribution in [0.3, 0.4) is 0 Å². The van der Waals surface area contributed by atoms with Gasteiger partial charge in [0.2, 0.25) is 5.78 Å². The molecule has 1 saturated heterocycles. The van der Waals surface area contributed by atoms with Crippen LogP contribution in [-0.2, 0) is 4.74 Å². The van der Waals surface area contributed by atoms with Crippen molar-refractivity contribution >= 4 is 5.78 Å². The van der Waals surface area contributed by atoms with Crippen molar-refractivity contribution in [3.05, 3.63) is 41.0 Å². The van der Waals surface area contributed by atoms with Gasteiger partial charge in [-0.1, -0.05) is 0 Å². The minimum Gasteiger partial charge on any atom is -0.508 e. The summed E-state index contributed by atoms with van der Waals surface area (Å²) in [5, 5.41) is 90.9. The number of carbonyl (C=O) groups is 1. The summed E-state index contributed by atoms with van der Waals surface area (Å²) >= 11 is 0. The minimum atomic E-state index is -1.89. The Morgan fingerprint density at radius 2 is 1.45 bits per heavy atom. The Bertz CT molecular complexity index is 1060. The van der Waals surface area contributed by atoms with Gasteiger partial charge in [0.05, 0.1) is 12.2 Å². The summed E-state index contributed by atoms with van der Waals surface area (Å²) in [7, 11) is 0. The van der Waals surface area contributed by atoms with E-state index in [0.29, 0.717) is 0 Å². The first-order valence-corrected chi connectivity index (χ1v) is 9.86. The second-order valence-corrected chi connectivity index (χ2v) is 7.91. The number of fused-ring (bicyclic) bond motifs is 1. The molecule has 12 nitrogen and oxygen atoms in total. The van der Waals surface area contributed by atoms with Crippen LogP contribution in [0.4, 0.5) is 0 Å². The van der Waals surface area contributed by atoms with E-state index in [1.165, 1.54) is 0 Å². The maximum atomic E-state index is 12.9. The molecule has 2 aliphatic rings. The average molecular weight is 466 g/mol. The molecule has 0 saturated carbocycles. The largest absolute Gasteiger partial charge is 0.508 e. The summed E-state index contributed by atoms with van der Waals surface area (Å²) in [6, 6.07) is 4.24. The van der Waals surface area contributed by atoms with Gasteiger partial charge in [-0.15, -0.1) is 0 Å². The number of hydrogen-bond donors (Lipinski definition) is 9. The van der Waals surface area contributed by atoms with E-state index in [-0.39, 0.29) is 22.8 Å². The van der Waals surface area contributed by atoms with Gasteiger partial charge in [-0.3, -0.25) is 4.79 Å². The second-order valence-electron chi connectivity index (χ2n) is 7.91. The number of aliphatic hydroxyl groups is 5. The molecule has 178 valence electrons. The van der Waals surface area contributed by atoms with Gasteiger partial charge in [0, 0.05) is 17.7 Å². The lowest BCUT2D eigenvalue weighted by Crippen LogP contribution is -2.55. The van der Waals surface area contributed by atoms with Crippen LogP contribution in [-0.4, -0.2) is 88.9 Å². The molecule has 33 heavy (non-hydrogen) atoms.